The largest absolute Gasteiger partial charge is 0.364 e. The van der Waals surface area contributed by atoms with Crippen LogP contribution in [0.4, 0.5) is 0 Å². The third-order valence-corrected chi connectivity index (χ3v) is 1.21. The van der Waals surface area contributed by atoms with Gasteiger partial charge in [0, 0.05) is 20.6 Å². The van der Waals surface area contributed by atoms with Crippen molar-refractivity contribution < 1.29 is 9.53 Å². The highest BCUT2D eigenvalue weighted by atomic mass is 16.5. The van der Waals surface area contributed by atoms with Gasteiger partial charge in [-0.05, 0) is 6.42 Å². The van der Waals surface area contributed by atoms with Gasteiger partial charge in [0.25, 0.3) is 0 Å². The molecule has 0 rings (SSSR count). The van der Waals surface area contributed by atoms with Crippen molar-refractivity contribution in [2.24, 2.45) is 0 Å². The molecule has 0 saturated heterocycles. The first kappa shape index (κ1) is 13.0. The lowest BCUT2D eigenvalue weighted by Gasteiger charge is -2.14. The average Bonchev–Trinajstić information content (AvgIpc) is 1.89. The van der Waals surface area contributed by atoms with E-state index >= 15 is 0 Å². The molecule has 0 spiro atoms. The van der Waals surface area contributed by atoms with Gasteiger partial charge in [-0.3, -0.25) is 4.79 Å². The molecular weight excluding hydrogens is 144 g/mol. The molecule has 0 radical (unpaired) electrons. The van der Waals surface area contributed by atoms with Gasteiger partial charge in [0.15, 0.2) is 0 Å². The second kappa shape index (κ2) is 7.50. The van der Waals surface area contributed by atoms with Crippen molar-refractivity contribution in [2.45, 2.75) is 19.8 Å². The maximum absolute atomic E-state index is 11.0. The van der Waals surface area contributed by atoms with Crippen molar-refractivity contribution in [3.8, 4) is 0 Å². The van der Waals surface area contributed by atoms with Gasteiger partial charge in [0.1, 0.15) is 6.73 Å². The van der Waals surface area contributed by atoms with Gasteiger partial charge in [-0.1, -0.05) is 6.92 Å². The lowest BCUT2D eigenvalue weighted by Crippen LogP contribution is -2.28. The number of nitrogens with zero attached hydrogens (tertiary/aromatic N) is 1. The van der Waals surface area contributed by atoms with Crippen LogP contribution in [0.5, 0.6) is 0 Å². The van der Waals surface area contributed by atoms with E-state index in [0.717, 1.165) is 6.42 Å². The van der Waals surface area contributed by atoms with Crippen LogP contribution in [0.15, 0.2) is 0 Å². The number of hydrogen-bond acceptors (Lipinski definition) is 3. The molecule has 0 saturated carbocycles. The molecule has 0 unspecified atom stereocenters. The number of amides is 1. The smallest absolute Gasteiger partial charge is 0.224 e. The summed E-state index contributed by atoms with van der Waals surface area (Å²) in [6, 6.07) is 0. The third kappa shape index (κ3) is 5.82. The molecule has 0 heterocycles. The third-order valence-electron chi connectivity index (χ3n) is 1.21. The van der Waals surface area contributed by atoms with Crippen LogP contribution in [0.25, 0.3) is 0 Å². The predicted octanol–water partition coefficient (Wildman–Crippen LogP) is 1.01. The molecule has 0 aliphatic heterocycles. The van der Waals surface area contributed by atoms with Crippen molar-refractivity contribution in [3.05, 3.63) is 0 Å². The topological polar surface area (TPSA) is 64.5 Å². The fourth-order valence-electron chi connectivity index (χ4n) is 0.670. The summed E-state index contributed by atoms with van der Waals surface area (Å²) < 4.78 is 4.78. The number of methoxy groups -OCH3 is 1. The van der Waals surface area contributed by atoms with Gasteiger partial charge in [-0.25, -0.2) is 0 Å². The van der Waals surface area contributed by atoms with Gasteiger partial charge in [0.05, 0.1) is 0 Å². The minimum atomic E-state index is 0. The molecule has 0 bridgehead atoms. The second-order valence-electron chi connectivity index (χ2n) is 2.26. The van der Waals surface area contributed by atoms with Crippen molar-refractivity contribution in [2.75, 3.05) is 20.9 Å². The minimum absolute atomic E-state index is 0. The summed E-state index contributed by atoms with van der Waals surface area (Å²) >= 11 is 0. The first-order chi connectivity index (χ1) is 4.72. The van der Waals surface area contributed by atoms with Crippen LogP contribution < -0.4 is 6.15 Å². The molecule has 0 aliphatic carbocycles. The molecule has 0 aliphatic rings. The standard InChI is InChI=1S/C7H15NO2.H3N/c1-4-5-7(9)8(2)6-10-3;/h4-6H2,1-3H3;1H3. The molecule has 68 valence electrons. The summed E-state index contributed by atoms with van der Waals surface area (Å²) in [6.07, 6.45) is 1.51. The van der Waals surface area contributed by atoms with Crippen molar-refractivity contribution in [1.82, 2.24) is 11.1 Å². The Morgan fingerprint density at radius 2 is 2.09 bits per heavy atom. The SMILES string of the molecule is CCCC(=O)N(C)COC.N. The van der Waals surface area contributed by atoms with E-state index in [1.807, 2.05) is 6.92 Å². The van der Waals surface area contributed by atoms with Crippen molar-refractivity contribution in [1.29, 1.82) is 0 Å². The summed E-state index contributed by atoms with van der Waals surface area (Å²) in [4.78, 5) is 12.6. The van der Waals surface area contributed by atoms with Gasteiger partial charge < -0.3 is 15.8 Å². The van der Waals surface area contributed by atoms with E-state index in [1.165, 1.54) is 0 Å². The van der Waals surface area contributed by atoms with Crippen LogP contribution in [0, 0.1) is 0 Å². The number of ether oxygens (including phenoxy) is 1. The summed E-state index contributed by atoms with van der Waals surface area (Å²) in [5.41, 5.74) is 0. The van der Waals surface area contributed by atoms with E-state index in [9.17, 15) is 4.79 Å². The van der Waals surface area contributed by atoms with Crippen LogP contribution >= 0.6 is 0 Å². The number of carbonyl (C=O) groups is 1. The molecule has 4 heteroatoms. The Hall–Kier alpha value is -0.610. The minimum Gasteiger partial charge on any atom is -0.364 e. The van der Waals surface area contributed by atoms with E-state index in [0.29, 0.717) is 13.2 Å². The molecule has 0 fully saturated rings. The fraction of sp³-hybridized carbons (Fsp3) is 0.857. The number of hydrogen-bond donors (Lipinski definition) is 1. The molecule has 11 heavy (non-hydrogen) atoms. The quantitative estimate of drug-likeness (QED) is 0.627. The lowest BCUT2D eigenvalue weighted by atomic mass is 10.3. The molecule has 0 aromatic rings. The van der Waals surface area contributed by atoms with Gasteiger partial charge in [-0.15, -0.1) is 0 Å². The Balaban J connectivity index is 0. The second-order valence-corrected chi connectivity index (χ2v) is 2.26. The highest BCUT2D eigenvalue weighted by molar-refractivity contribution is 5.75. The summed E-state index contributed by atoms with van der Waals surface area (Å²) in [7, 11) is 3.32. The molecule has 0 atom stereocenters. The zero-order valence-electron chi connectivity index (χ0n) is 7.59. The van der Waals surface area contributed by atoms with E-state index in [2.05, 4.69) is 0 Å². The Morgan fingerprint density at radius 3 is 2.45 bits per heavy atom. The van der Waals surface area contributed by atoms with E-state index < -0.39 is 0 Å². The first-order valence-electron chi connectivity index (χ1n) is 3.45. The van der Waals surface area contributed by atoms with E-state index in [1.54, 1.807) is 19.1 Å². The Morgan fingerprint density at radius 1 is 1.55 bits per heavy atom. The summed E-state index contributed by atoms with van der Waals surface area (Å²) in [5, 5.41) is 0. The summed E-state index contributed by atoms with van der Waals surface area (Å²) in [5.74, 6) is 0.143. The lowest BCUT2D eigenvalue weighted by molar-refractivity contribution is -0.134. The average molecular weight is 162 g/mol. The Labute approximate surface area is 68.1 Å². The summed E-state index contributed by atoms with van der Waals surface area (Å²) in [6.45, 7) is 2.37. The van der Waals surface area contributed by atoms with E-state index in [-0.39, 0.29) is 12.1 Å². The zero-order chi connectivity index (χ0) is 7.98. The Bertz CT molecular complexity index is 107. The van der Waals surface area contributed by atoms with Gasteiger partial charge in [-0.2, -0.15) is 0 Å². The zero-order valence-corrected chi connectivity index (χ0v) is 7.59. The normalized spacial score (nSPS) is 8.64. The molecule has 1 amide bonds. The fourth-order valence-corrected chi connectivity index (χ4v) is 0.670. The maximum atomic E-state index is 11.0. The van der Waals surface area contributed by atoms with Crippen LogP contribution in [0.2, 0.25) is 0 Å². The van der Waals surface area contributed by atoms with Gasteiger partial charge in [0.2, 0.25) is 5.91 Å². The number of carbonyl (C=O) groups excluding carboxylic acids is 1. The molecular formula is C7H18N2O2. The van der Waals surface area contributed by atoms with Crippen molar-refractivity contribution in [3.63, 3.8) is 0 Å². The molecule has 0 aromatic heterocycles. The molecule has 4 nitrogen and oxygen atoms in total. The Kier molecular flexibility index (Phi) is 8.87. The highest BCUT2D eigenvalue weighted by Gasteiger charge is 2.04. The number of rotatable bonds is 4. The van der Waals surface area contributed by atoms with Crippen LogP contribution in [0.1, 0.15) is 19.8 Å². The monoisotopic (exact) mass is 162 g/mol. The highest BCUT2D eigenvalue weighted by Crippen LogP contribution is 1.93. The maximum Gasteiger partial charge on any atom is 0.224 e. The van der Waals surface area contributed by atoms with Crippen LogP contribution in [-0.4, -0.2) is 31.7 Å². The van der Waals surface area contributed by atoms with Crippen molar-refractivity contribution >= 4 is 5.91 Å². The van der Waals surface area contributed by atoms with Crippen LogP contribution in [-0.2, 0) is 9.53 Å². The molecule has 0 aromatic carbocycles. The first-order valence-corrected chi connectivity index (χ1v) is 3.45. The predicted molar refractivity (Wildman–Crippen MR) is 44.6 cm³/mol. The van der Waals surface area contributed by atoms with E-state index in [4.69, 9.17) is 4.74 Å². The van der Waals surface area contributed by atoms with Crippen LogP contribution in [0.3, 0.4) is 0 Å². The van der Waals surface area contributed by atoms with Gasteiger partial charge >= 0.3 is 0 Å². The molecule has 3 N–H and O–H groups in total.